The molecular formula is C23H27N3O4S. The van der Waals surface area contributed by atoms with Crippen molar-refractivity contribution in [2.24, 2.45) is 0 Å². The van der Waals surface area contributed by atoms with Crippen molar-refractivity contribution in [2.45, 2.75) is 63.5 Å². The Balaban J connectivity index is 1.44. The number of aromatic nitrogens is 2. The minimum absolute atomic E-state index is 0.0833. The first-order valence-corrected chi connectivity index (χ1v) is 11.9. The maximum Gasteiger partial charge on any atom is 0.242 e. The fourth-order valence-corrected chi connectivity index (χ4v) is 4.53. The van der Waals surface area contributed by atoms with E-state index in [1.54, 1.807) is 18.2 Å². The van der Waals surface area contributed by atoms with Gasteiger partial charge < -0.3 is 9.26 Å². The number of hydrogen-bond donors (Lipinski definition) is 1. The molecule has 1 aromatic heterocycles. The number of fused-ring (bicyclic) bond motifs is 1. The molecule has 2 aromatic carbocycles. The van der Waals surface area contributed by atoms with Crippen LogP contribution in [-0.4, -0.2) is 24.2 Å². The zero-order chi connectivity index (χ0) is 22.2. The topological polar surface area (TPSA) is 94.3 Å². The van der Waals surface area contributed by atoms with Crippen molar-refractivity contribution in [2.75, 3.05) is 0 Å². The molecule has 0 amide bonds. The number of sulfonamides is 1. The van der Waals surface area contributed by atoms with Crippen LogP contribution in [0.4, 0.5) is 0 Å². The van der Waals surface area contributed by atoms with Gasteiger partial charge in [0.15, 0.2) is 0 Å². The second-order valence-electron chi connectivity index (χ2n) is 8.74. The maximum atomic E-state index is 12.8. The average molecular weight is 442 g/mol. The van der Waals surface area contributed by atoms with E-state index in [1.165, 1.54) is 5.56 Å². The molecule has 0 aliphatic carbocycles. The fraction of sp³-hybridized carbons (Fsp3) is 0.391. The van der Waals surface area contributed by atoms with Gasteiger partial charge in [0.05, 0.1) is 11.4 Å². The Hall–Kier alpha value is -2.71. The second-order valence-corrected chi connectivity index (χ2v) is 10.5. The minimum Gasteiger partial charge on any atom is -0.488 e. The van der Waals surface area contributed by atoms with Crippen LogP contribution >= 0.6 is 0 Å². The van der Waals surface area contributed by atoms with Crippen LogP contribution in [0.1, 0.15) is 57.1 Å². The van der Waals surface area contributed by atoms with Crippen LogP contribution in [0.3, 0.4) is 0 Å². The lowest BCUT2D eigenvalue weighted by atomic mass is 9.94. The summed E-state index contributed by atoms with van der Waals surface area (Å²) in [6, 6.07) is 12.9. The predicted molar refractivity (Wildman–Crippen MR) is 117 cm³/mol. The van der Waals surface area contributed by atoms with Crippen molar-refractivity contribution < 1.29 is 17.7 Å². The maximum absolute atomic E-state index is 12.8. The average Bonchev–Trinajstić information content (AvgIpc) is 3.20. The van der Waals surface area contributed by atoms with E-state index in [-0.39, 0.29) is 22.9 Å². The van der Waals surface area contributed by atoms with Gasteiger partial charge in [0.25, 0.3) is 0 Å². The molecule has 7 nitrogen and oxygen atoms in total. The molecule has 8 heteroatoms. The van der Waals surface area contributed by atoms with Crippen molar-refractivity contribution in [1.29, 1.82) is 0 Å². The van der Waals surface area contributed by atoms with Gasteiger partial charge in [-0.3, -0.25) is 0 Å². The van der Waals surface area contributed by atoms with Crippen molar-refractivity contribution in [1.82, 2.24) is 14.9 Å². The number of nitrogens with one attached hydrogen (secondary N) is 1. The van der Waals surface area contributed by atoms with Gasteiger partial charge in [-0.25, -0.2) is 13.1 Å². The van der Waals surface area contributed by atoms with E-state index in [4.69, 9.17) is 9.26 Å². The summed E-state index contributed by atoms with van der Waals surface area (Å²) in [4.78, 5) is 4.51. The molecule has 0 atom stereocenters. The molecule has 1 aliphatic heterocycles. The summed E-state index contributed by atoms with van der Waals surface area (Å²) < 4.78 is 39.2. The summed E-state index contributed by atoms with van der Waals surface area (Å²) in [6.45, 7) is 8.23. The smallest absolute Gasteiger partial charge is 0.242 e. The highest BCUT2D eigenvalue weighted by Gasteiger charge is 2.28. The molecule has 3 aromatic rings. The van der Waals surface area contributed by atoms with Gasteiger partial charge in [0.2, 0.25) is 21.7 Å². The summed E-state index contributed by atoms with van der Waals surface area (Å²) in [7, 11) is -3.72. The van der Waals surface area contributed by atoms with E-state index < -0.39 is 10.0 Å². The largest absolute Gasteiger partial charge is 0.488 e. The van der Waals surface area contributed by atoms with Crippen molar-refractivity contribution in [3.63, 3.8) is 0 Å². The molecule has 31 heavy (non-hydrogen) atoms. The molecule has 4 rings (SSSR count). The molecular weight excluding hydrogens is 414 g/mol. The van der Waals surface area contributed by atoms with E-state index in [0.29, 0.717) is 11.7 Å². The summed E-state index contributed by atoms with van der Waals surface area (Å²) in [5.41, 5.74) is 2.70. The first-order valence-electron chi connectivity index (χ1n) is 10.4. The number of rotatable bonds is 6. The molecule has 1 N–H and O–H groups in total. The van der Waals surface area contributed by atoms with E-state index in [0.717, 1.165) is 29.7 Å². The quantitative estimate of drug-likeness (QED) is 0.608. The van der Waals surface area contributed by atoms with Gasteiger partial charge in [0, 0.05) is 5.56 Å². The second kappa shape index (κ2) is 8.09. The number of aryl methyl sites for hydroxylation is 1. The molecule has 0 spiro atoms. The Bertz CT molecular complexity index is 1180. The van der Waals surface area contributed by atoms with Crippen molar-refractivity contribution >= 4 is 10.0 Å². The van der Waals surface area contributed by atoms with Crippen LogP contribution in [0.5, 0.6) is 5.75 Å². The van der Waals surface area contributed by atoms with Gasteiger partial charge in [-0.1, -0.05) is 43.3 Å². The van der Waals surface area contributed by atoms with Gasteiger partial charge >= 0.3 is 0 Å². The summed E-state index contributed by atoms with van der Waals surface area (Å²) >= 11 is 0. The third kappa shape index (κ3) is 4.80. The highest BCUT2D eigenvalue weighted by Crippen LogP contribution is 2.34. The first kappa shape index (κ1) is 21.5. The van der Waals surface area contributed by atoms with E-state index in [1.807, 2.05) is 38.1 Å². The summed E-state index contributed by atoms with van der Waals surface area (Å²) in [6.07, 6.45) is 1.61. The third-order valence-corrected chi connectivity index (χ3v) is 6.84. The Labute approximate surface area is 182 Å². The van der Waals surface area contributed by atoms with Crippen LogP contribution in [0.15, 0.2) is 51.9 Å². The fourth-order valence-electron chi connectivity index (χ4n) is 3.50. The summed E-state index contributed by atoms with van der Waals surface area (Å²) in [5.74, 6) is 1.80. The van der Waals surface area contributed by atoms with Crippen molar-refractivity contribution in [3.05, 3.63) is 59.5 Å². The highest BCUT2D eigenvalue weighted by molar-refractivity contribution is 7.89. The molecule has 2 heterocycles. The molecule has 0 bridgehead atoms. The van der Waals surface area contributed by atoms with Gasteiger partial charge in [0.1, 0.15) is 11.4 Å². The standard InChI is InChI=1S/C23H27N3O4S/c1-15(2)16-5-7-17(8-6-16)22-25-21(30-26-22)14-24-31(27,28)19-9-10-20-18(13-19)11-12-23(3,4)29-20/h5-10,13,15,24H,11-12,14H2,1-4H3. The molecule has 0 fully saturated rings. The van der Waals surface area contributed by atoms with Crippen LogP contribution in [0.2, 0.25) is 0 Å². The number of ether oxygens (including phenoxy) is 1. The zero-order valence-electron chi connectivity index (χ0n) is 18.2. The molecule has 0 radical (unpaired) electrons. The van der Waals surface area contributed by atoms with Crippen LogP contribution in [-0.2, 0) is 23.0 Å². The number of nitrogens with zero attached hydrogens (tertiary/aromatic N) is 2. The van der Waals surface area contributed by atoms with Crippen LogP contribution in [0, 0.1) is 0 Å². The van der Waals surface area contributed by atoms with Gasteiger partial charge in [-0.15, -0.1) is 0 Å². The monoisotopic (exact) mass is 441 g/mol. The minimum atomic E-state index is -3.72. The number of hydrogen-bond acceptors (Lipinski definition) is 6. The lowest BCUT2D eigenvalue weighted by Gasteiger charge is -2.32. The highest BCUT2D eigenvalue weighted by atomic mass is 32.2. The van der Waals surface area contributed by atoms with Crippen LogP contribution in [0.25, 0.3) is 11.4 Å². The van der Waals surface area contributed by atoms with Gasteiger partial charge in [-0.05, 0) is 61.9 Å². The van der Waals surface area contributed by atoms with E-state index in [2.05, 4.69) is 28.7 Å². The Morgan fingerprint density at radius 1 is 1.13 bits per heavy atom. The Kier molecular flexibility index (Phi) is 5.61. The van der Waals surface area contributed by atoms with Gasteiger partial charge in [-0.2, -0.15) is 4.98 Å². The Morgan fingerprint density at radius 3 is 2.58 bits per heavy atom. The van der Waals surface area contributed by atoms with E-state index in [9.17, 15) is 8.42 Å². The molecule has 0 unspecified atom stereocenters. The molecule has 0 saturated carbocycles. The lowest BCUT2D eigenvalue weighted by Crippen LogP contribution is -2.32. The van der Waals surface area contributed by atoms with Crippen molar-refractivity contribution in [3.8, 4) is 17.1 Å². The SMILES string of the molecule is CC(C)c1ccc(-c2noc(CNS(=O)(=O)c3ccc4c(c3)CCC(C)(C)O4)n2)cc1. The number of benzene rings is 2. The van der Waals surface area contributed by atoms with Crippen LogP contribution < -0.4 is 9.46 Å². The summed E-state index contributed by atoms with van der Waals surface area (Å²) in [5, 5.41) is 3.97. The lowest BCUT2D eigenvalue weighted by molar-refractivity contribution is 0.0845. The first-order chi connectivity index (χ1) is 14.6. The third-order valence-electron chi connectivity index (χ3n) is 5.44. The molecule has 164 valence electrons. The molecule has 0 saturated heterocycles. The molecule has 1 aliphatic rings. The normalized spacial score (nSPS) is 15.5. The zero-order valence-corrected chi connectivity index (χ0v) is 19.0. The van der Waals surface area contributed by atoms with E-state index >= 15 is 0 Å². The Morgan fingerprint density at radius 2 is 1.87 bits per heavy atom. The predicted octanol–water partition coefficient (Wildman–Crippen LogP) is 4.44.